The maximum absolute atomic E-state index is 5.62. The van der Waals surface area contributed by atoms with Gasteiger partial charge < -0.3 is 10.1 Å². The van der Waals surface area contributed by atoms with Gasteiger partial charge >= 0.3 is 0 Å². The zero-order valence-electron chi connectivity index (χ0n) is 10.8. The van der Waals surface area contributed by atoms with Crippen LogP contribution in [-0.4, -0.2) is 25.0 Å². The largest absolute Gasteiger partial charge is 0.494 e. The van der Waals surface area contributed by atoms with Gasteiger partial charge in [-0.2, -0.15) is 5.10 Å². The molecule has 0 spiro atoms. The fraction of sp³-hybridized carbons (Fsp3) is 0.385. The van der Waals surface area contributed by atoms with E-state index < -0.39 is 0 Å². The summed E-state index contributed by atoms with van der Waals surface area (Å²) in [5, 5.41) is 7.28. The molecule has 0 unspecified atom stereocenters. The maximum Gasteiger partial charge on any atom is 0.186 e. The van der Waals surface area contributed by atoms with Crippen molar-refractivity contribution in [3.05, 3.63) is 29.8 Å². The van der Waals surface area contributed by atoms with E-state index in [1.165, 1.54) is 0 Å². The lowest BCUT2D eigenvalue weighted by Gasteiger charge is -2.05. The minimum absolute atomic E-state index is 0.488. The van der Waals surface area contributed by atoms with E-state index >= 15 is 0 Å². The number of benzene rings is 1. The Morgan fingerprint density at radius 1 is 1.50 bits per heavy atom. The molecule has 0 bridgehead atoms. The average molecular weight is 265 g/mol. The summed E-state index contributed by atoms with van der Waals surface area (Å²) in [6.45, 7) is 2.89. The molecule has 0 aromatic heterocycles. The zero-order valence-corrected chi connectivity index (χ0v) is 11.6. The molecule has 0 amide bonds. The summed E-state index contributed by atoms with van der Waals surface area (Å²) in [5.74, 6) is 0.864. The molecule has 18 heavy (non-hydrogen) atoms. The summed E-state index contributed by atoms with van der Waals surface area (Å²) in [6.07, 6.45) is 3.90. The third kappa shape index (κ3) is 5.63. The number of rotatable bonds is 6. The minimum Gasteiger partial charge on any atom is -0.494 e. The predicted molar refractivity (Wildman–Crippen MR) is 79.2 cm³/mol. The van der Waals surface area contributed by atoms with Crippen LogP contribution in [0.25, 0.3) is 0 Å². The Morgan fingerprint density at radius 2 is 2.33 bits per heavy atom. The third-order valence-corrected chi connectivity index (χ3v) is 2.53. The molecular weight excluding hydrogens is 246 g/mol. The zero-order chi connectivity index (χ0) is 13.2. The lowest BCUT2D eigenvalue weighted by Crippen LogP contribution is -2.28. The van der Waals surface area contributed by atoms with Crippen molar-refractivity contribution in [2.45, 2.75) is 19.8 Å². The first-order valence-corrected chi connectivity index (χ1v) is 6.40. The van der Waals surface area contributed by atoms with Crippen molar-refractivity contribution in [3.8, 4) is 5.75 Å². The highest BCUT2D eigenvalue weighted by Gasteiger charge is 1.95. The van der Waals surface area contributed by atoms with E-state index in [0.717, 1.165) is 30.8 Å². The monoisotopic (exact) mass is 265 g/mol. The van der Waals surface area contributed by atoms with Crippen LogP contribution in [0.1, 0.15) is 25.3 Å². The number of nitrogens with one attached hydrogen (secondary N) is 2. The molecule has 98 valence electrons. The van der Waals surface area contributed by atoms with E-state index in [0.29, 0.717) is 5.11 Å². The molecule has 1 aromatic carbocycles. The molecule has 4 nitrogen and oxygen atoms in total. The molecule has 0 aliphatic carbocycles. The molecular formula is C13H19N3OS. The Hall–Kier alpha value is -1.62. The van der Waals surface area contributed by atoms with Gasteiger partial charge in [0.1, 0.15) is 5.75 Å². The second-order valence-electron chi connectivity index (χ2n) is 3.72. The first kappa shape index (κ1) is 14.4. The summed E-state index contributed by atoms with van der Waals surface area (Å²) in [5.41, 5.74) is 3.67. The highest BCUT2D eigenvalue weighted by Crippen LogP contribution is 2.12. The number of ether oxygens (including phenoxy) is 1. The van der Waals surface area contributed by atoms with Crippen LogP contribution in [0.3, 0.4) is 0 Å². The standard InChI is InChI=1S/C13H19N3OS/c1-3-4-8-17-12-7-5-6-11(9-12)10-15-16-13(18)14-2/h5-7,9-10H,3-4,8H2,1-2H3,(H2,14,16,18)/b15-10+. The average Bonchev–Trinajstić information content (AvgIpc) is 2.39. The highest BCUT2D eigenvalue weighted by molar-refractivity contribution is 7.80. The summed E-state index contributed by atoms with van der Waals surface area (Å²) in [7, 11) is 1.74. The Kier molecular flexibility index (Phi) is 6.79. The number of hydrazone groups is 1. The fourth-order valence-corrected chi connectivity index (χ4v) is 1.29. The van der Waals surface area contributed by atoms with Crippen LogP contribution < -0.4 is 15.5 Å². The molecule has 0 fully saturated rings. The van der Waals surface area contributed by atoms with Crippen molar-refractivity contribution in [2.24, 2.45) is 5.10 Å². The lowest BCUT2D eigenvalue weighted by molar-refractivity contribution is 0.309. The quantitative estimate of drug-likeness (QED) is 0.358. The summed E-state index contributed by atoms with van der Waals surface area (Å²) in [6, 6.07) is 7.79. The van der Waals surface area contributed by atoms with Gasteiger partial charge in [0.2, 0.25) is 0 Å². The normalized spacial score (nSPS) is 10.3. The Labute approximate surface area is 113 Å². The second kappa shape index (κ2) is 8.47. The van der Waals surface area contributed by atoms with Crippen molar-refractivity contribution in [1.29, 1.82) is 0 Å². The molecule has 0 saturated heterocycles. The van der Waals surface area contributed by atoms with Gasteiger partial charge in [-0.3, -0.25) is 5.43 Å². The lowest BCUT2D eigenvalue weighted by atomic mass is 10.2. The van der Waals surface area contributed by atoms with Crippen molar-refractivity contribution in [1.82, 2.24) is 10.7 Å². The molecule has 2 N–H and O–H groups in total. The van der Waals surface area contributed by atoms with Gasteiger partial charge in [-0.25, -0.2) is 0 Å². The van der Waals surface area contributed by atoms with Crippen LogP contribution in [0, 0.1) is 0 Å². The van der Waals surface area contributed by atoms with E-state index in [4.69, 9.17) is 17.0 Å². The van der Waals surface area contributed by atoms with Crippen molar-refractivity contribution >= 4 is 23.5 Å². The topological polar surface area (TPSA) is 45.6 Å². The van der Waals surface area contributed by atoms with Crippen molar-refractivity contribution in [2.75, 3.05) is 13.7 Å². The van der Waals surface area contributed by atoms with E-state index in [2.05, 4.69) is 22.8 Å². The molecule has 5 heteroatoms. The number of hydrogen-bond donors (Lipinski definition) is 2. The van der Waals surface area contributed by atoms with Crippen molar-refractivity contribution in [3.63, 3.8) is 0 Å². The maximum atomic E-state index is 5.62. The molecule has 0 aliphatic rings. The number of nitrogens with zero attached hydrogens (tertiary/aromatic N) is 1. The van der Waals surface area contributed by atoms with E-state index in [1.54, 1.807) is 13.3 Å². The van der Waals surface area contributed by atoms with Gasteiger partial charge in [0.25, 0.3) is 0 Å². The predicted octanol–water partition coefficient (Wildman–Crippen LogP) is 2.29. The third-order valence-electron chi connectivity index (χ3n) is 2.23. The summed E-state index contributed by atoms with van der Waals surface area (Å²) in [4.78, 5) is 0. The summed E-state index contributed by atoms with van der Waals surface area (Å²) >= 11 is 4.91. The number of thiocarbonyl (C=S) groups is 1. The fourth-order valence-electron chi connectivity index (χ4n) is 1.24. The molecule has 0 atom stereocenters. The second-order valence-corrected chi connectivity index (χ2v) is 4.13. The SMILES string of the molecule is CCCCOc1cccc(/C=N/NC(=S)NC)c1. The number of unbranched alkanes of at least 4 members (excludes halogenated alkanes) is 1. The molecule has 0 saturated carbocycles. The first-order valence-electron chi connectivity index (χ1n) is 6.00. The Balaban J connectivity index is 2.50. The molecule has 0 radical (unpaired) electrons. The van der Waals surface area contributed by atoms with E-state index in [9.17, 15) is 0 Å². The summed E-state index contributed by atoms with van der Waals surface area (Å²) < 4.78 is 5.62. The van der Waals surface area contributed by atoms with Crippen LogP contribution in [0.4, 0.5) is 0 Å². The van der Waals surface area contributed by atoms with Gasteiger partial charge in [-0.1, -0.05) is 25.5 Å². The number of hydrogen-bond acceptors (Lipinski definition) is 3. The molecule has 0 heterocycles. The molecule has 1 rings (SSSR count). The minimum atomic E-state index is 0.488. The van der Waals surface area contributed by atoms with Crippen LogP contribution >= 0.6 is 12.2 Å². The highest BCUT2D eigenvalue weighted by atomic mass is 32.1. The van der Waals surface area contributed by atoms with E-state index in [1.807, 2.05) is 24.3 Å². The van der Waals surface area contributed by atoms with Gasteiger partial charge in [0.05, 0.1) is 12.8 Å². The Morgan fingerprint density at radius 3 is 3.06 bits per heavy atom. The Bertz CT molecular complexity index is 407. The van der Waals surface area contributed by atoms with Crippen LogP contribution in [-0.2, 0) is 0 Å². The van der Waals surface area contributed by atoms with Gasteiger partial charge in [0.15, 0.2) is 5.11 Å². The molecule has 0 aliphatic heterocycles. The van der Waals surface area contributed by atoms with Crippen LogP contribution in [0.2, 0.25) is 0 Å². The van der Waals surface area contributed by atoms with Crippen LogP contribution in [0.15, 0.2) is 29.4 Å². The van der Waals surface area contributed by atoms with Crippen molar-refractivity contribution < 1.29 is 4.74 Å². The van der Waals surface area contributed by atoms with Gasteiger partial charge in [-0.05, 0) is 36.3 Å². The van der Waals surface area contributed by atoms with Crippen LogP contribution in [0.5, 0.6) is 5.75 Å². The van der Waals surface area contributed by atoms with E-state index in [-0.39, 0.29) is 0 Å². The molecule has 1 aromatic rings. The van der Waals surface area contributed by atoms with Gasteiger partial charge in [0, 0.05) is 7.05 Å². The smallest absolute Gasteiger partial charge is 0.186 e. The first-order chi connectivity index (χ1) is 8.76. The van der Waals surface area contributed by atoms with Gasteiger partial charge in [-0.15, -0.1) is 0 Å².